The first kappa shape index (κ1) is 21.5. The molecule has 4 rings (SSSR count). The fraction of sp³-hybridized carbons (Fsp3) is 0.182. The maximum Gasteiger partial charge on any atom is 0.199 e. The van der Waals surface area contributed by atoms with Crippen molar-refractivity contribution in [1.82, 2.24) is 19.9 Å². The molecule has 0 unspecified atom stereocenters. The molecule has 2 heterocycles. The quantitative estimate of drug-likeness (QED) is 0.217. The normalized spacial score (nSPS) is 11.2. The average molecular weight is 469 g/mol. The Balaban J connectivity index is 1.56. The maximum atomic E-state index is 4.53. The molecule has 8 heteroatoms. The van der Waals surface area contributed by atoms with Gasteiger partial charge in [0.1, 0.15) is 0 Å². The topological polar surface area (TPSA) is 51.6 Å². The van der Waals surface area contributed by atoms with Crippen LogP contribution in [-0.4, -0.2) is 19.9 Å². The summed E-state index contributed by atoms with van der Waals surface area (Å²) in [6, 6.07) is 16.8. The molecule has 0 fully saturated rings. The SMILES string of the molecule is Cc1cc(C)nc(SSc2ccc(SSc3nc(C)cc(C)n3)c3ccccc23)n1. The third-order valence-electron chi connectivity index (χ3n) is 4.18. The van der Waals surface area contributed by atoms with E-state index >= 15 is 0 Å². The lowest BCUT2D eigenvalue weighted by atomic mass is 10.1. The predicted molar refractivity (Wildman–Crippen MR) is 130 cm³/mol. The van der Waals surface area contributed by atoms with Crippen LogP contribution in [0.25, 0.3) is 10.8 Å². The lowest BCUT2D eigenvalue weighted by molar-refractivity contribution is 0.906. The van der Waals surface area contributed by atoms with E-state index in [1.165, 1.54) is 20.6 Å². The molecule has 0 aliphatic heterocycles. The monoisotopic (exact) mass is 468 g/mol. The second-order valence-corrected chi connectivity index (χ2v) is 11.1. The summed E-state index contributed by atoms with van der Waals surface area (Å²) in [5.74, 6) is 0. The van der Waals surface area contributed by atoms with Gasteiger partial charge in [-0.3, -0.25) is 0 Å². The summed E-state index contributed by atoms with van der Waals surface area (Å²) in [4.78, 5) is 20.5. The van der Waals surface area contributed by atoms with Crippen molar-refractivity contribution in [3.8, 4) is 0 Å². The van der Waals surface area contributed by atoms with Gasteiger partial charge in [-0.1, -0.05) is 24.3 Å². The summed E-state index contributed by atoms with van der Waals surface area (Å²) < 4.78 is 0. The van der Waals surface area contributed by atoms with Crippen LogP contribution in [0.1, 0.15) is 22.8 Å². The molecule has 4 nitrogen and oxygen atoms in total. The van der Waals surface area contributed by atoms with Gasteiger partial charge in [-0.2, -0.15) is 0 Å². The minimum absolute atomic E-state index is 0.794. The number of fused-ring (bicyclic) bond motifs is 1. The lowest BCUT2D eigenvalue weighted by Gasteiger charge is -2.10. The Hall–Kier alpha value is -1.74. The number of rotatable bonds is 6. The van der Waals surface area contributed by atoms with Gasteiger partial charge in [-0.15, -0.1) is 0 Å². The van der Waals surface area contributed by atoms with E-state index in [1.807, 2.05) is 39.8 Å². The molecule has 152 valence electrons. The van der Waals surface area contributed by atoms with Crippen molar-refractivity contribution in [2.24, 2.45) is 0 Å². The smallest absolute Gasteiger partial charge is 0.199 e. The molecule has 0 aliphatic rings. The minimum atomic E-state index is 0.794. The van der Waals surface area contributed by atoms with Crippen LogP contribution in [0.15, 0.2) is 68.6 Å². The van der Waals surface area contributed by atoms with Crippen LogP contribution in [0.3, 0.4) is 0 Å². The molecule has 0 aliphatic carbocycles. The molecular weight excluding hydrogens is 449 g/mol. The molecular formula is C22H20N4S4. The van der Waals surface area contributed by atoms with E-state index < -0.39 is 0 Å². The Labute approximate surface area is 192 Å². The zero-order valence-electron chi connectivity index (χ0n) is 17.0. The highest BCUT2D eigenvalue weighted by molar-refractivity contribution is 8.77. The highest BCUT2D eigenvalue weighted by Gasteiger charge is 2.11. The van der Waals surface area contributed by atoms with Crippen molar-refractivity contribution in [2.45, 2.75) is 47.8 Å². The van der Waals surface area contributed by atoms with Crippen LogP contribution in [0.4, 0.5) is 0 Å². The van der Waals surface area contributed by atoms with E-state index in [-0.39, 0.29) is 0 Å². The van der Waals surface area contributed by atoms with Crippen LogP contribution in [-0.2, 0) is 0 Å². The fourth-order valence-electron chi connectivity index (χ4n) is 3.02. The van der Waals surface area contributed by atoms with Crippen LogP contribution >= 0.6 is 43.2 Å². The number of benzene rings is 2. The van der Waals surface area contributed by atoms with Crippen LogP contribution in [0.2, 0.25) is 0 Å². The Kier molecular flexibility index (Phi) is 6.87. The van der Waals surface area contributed by atoms with Gasteiger partial charge >= 0.3 is 0 Å². The molecule has 0 bridgehead atoms. The summed E-state index contributed by atoms with van der Waals surface area (Å²) in [6.45, 7) is 8.01. The second kappa shape index (κ2) is 9.60. The molecule has 0 amide bonds. The average Bonchev–Trinajstić information content (AvgIpc) is 2.69. The summed E-state index contributed by atoms with van der Waals surface area (Å²) in [7, 11) is 6.59. The van der Waals surface area contributed by atoms with E-state index in [0.29, 0.717) is 0 Å². The van der Waals surface area contributed by atoms with E-state index in [0.717, 1.165) is 33.1 Å². The maximum absolute atomic E-state index is 4.53. The zero-order valence-corrected chi connectivity index (χ0v) is 20.3. The standard InChI is InChI=1S/C22H20N4S4/c1-13-11-14(2)24-21(23-13)29-27-19-9-10-20(18-8-6-5-7-17(18)19)28-30-22-25-15(3)12-16(4)26-22/h5-12H,1-4H3. The van der Waals surface area contributed by atoms with Crippen LogP contribution in [0.5, 0.6) is 0 Å². The first-order valence-corrected chi connectivity index (χ1v) is 13.6. The Bertz CT molecular complexity index is 1080. The summed E-state index contributed by atoms with van der Waals surface area (Å²) >= 11 is 0. The van der Waals surface area contributed by atoms with Crippen molar-refractivity contribution in [3.05, 3.63) is 71.3 Å². The Morgan fingerprint density at radius 1 is 0.500 bits per heavy atom. The van der Waals surface area contributed by atoms with Gasteiger partial charge in [0.2, 0.25) is 0 Å². The van der Waals surface area contributed by atoms with Gasteiger partial charge in [0, 0.05) is 32.6 Å². The third kappa shape index (κ3) is 5.29. The molecule has 30 heavy (non-hydrogen) atoms. The highest BCUT2D eigenvalue weighted by Crippen LogP contribution is 2.44. The summed E-state index contributed by atoms with van der Waals surface area (Å²) in [6.07, 6.45) is 0. The number of hydrogen-bond donors (Lipinski definition) is 0. The van der Waals surface area contributed by atoms with Crippen LogP contribution < -0.4 is 0 Å². The first-order chi connectivity index (χ1) is 14.5. The van der Waals surface area contributed by atoms with Gasteiger partial charge in [-0.05, 0) is 106 Å². The minimum Gasteiger partial charge on any atom is -0.227 e. The van der Waals surface area contributed by atoms with Crippen LogP contribution in [0, 0.1) is 27.7 Å². The van der Waals surface area contributed by atoms with Gasteiger partial charge in [0.25, 0.3) is 0 Å². The second-order valence-electron chi connectivity index (χ2n) is 6.81. The molecule has 0 spiro atoms. The van der Waals surface area contributed by atoms with Gasteiger partial charge in [0.05, 0.1) is 0 Å². The van der Waals surface area contributed by atoms with Gasteiger partial charge < -0.3 is 0 Å². The van der Waals surface area contributed by atoms with E-state index in [9.17, 15) is 0 Å². The van der Waals surface area contributed by atoms with Gasteiger partial charge in [-0.25, -0.2) is 19.9 Å². The highest BCUT2D eigenvalue weighted by atomic mass is 33.1. The first-order valence-electron chi connectivity index (χ1n) is 9.33. The number of aryl methyl sites for hydroxylation is 4. The van der Waals surface area contributed by atoms with E-state index in [4.69, 9.17) is 0 Å². The third-order valence-corrected chi connectivity index (χ3v) is 8.55. The number of aromatic nitrogens is 4. The van der Waals surface area contributed by atoms with Crippen molar-refractivity contribution < 1.29 is 0 Å². The number of hydrogen-bond acceptors (Lipinski definition) is 8. The number of nitrogens with zero attached hydrogens (tertiary/aromatic N) is 4. The van der Waals surface area contributed by atoms with E-state index in [1.54, 1.807) is 43.2 Å². The fourth-order valence-corrected chi connectivity index (χ4v) is 7.16. The Morgan fingerprint density at radius 2 is 0.867 bits per heavy atom. The Morgan fingerprint density at radius 3 is 1.23 bits per heavy atom. The van der Waals surface area contributed by atoms with E-state index in [2.05, 4.69) is 56.3 Å². The predicted octanol–water partition coefficient (Wildman–Crippen LogP) is 7.25. The van der Waals surface area contributed by atoms with Crippen molar-refractivity contribution in [1.29, 1.82) is 0 Å². The molecule has 0 N–H and O–H groups in total. The molecule has 0 saturated heterocycles. The zero-order chi connectivity index (χ0) is 21.1. The van der Waals surface area contributed by atoms with Crippen molar-refractivity contribution in [2.75, 3.05) is 0 Å². The molecule has 4 aromatic rings. The lowest BCUT2D eigenvalue weighted by Crippen LogP contribution is -1.91. The molecule has 0 radical (unpaired) electrons. The molecule has 2 aromatic carbocycles. The molecule has 0 atom stereocenters. The van der Waals surface area contributed by atoms with Gasteiger partial charge in [0.15, 0.2) is 10.3 Å². The molecule has 2 aromatic heterocycles. The van der Waals surface area contributed by atoms with Crippen molar-refractivity contribution >= 4 is 53.9 Å². The summed E-state index contributed by atoms with van der Waals surface area (Å²) in [5.41, 5.74) is 3.97. The molecule has 0 saturated carbocycles. The van der Waals surface area contributed by atoms with Crippen molar-refractivity contribution in [3.63, 3.8) is 0 Å². The largest absolute Gasteiger partial charge is 0.227 e. The summed E-state index contributed by atoms with van der Waals surface area (Å²) in [5, 5.41) is 4.04.